The standard InChI is InChI=1S/C19H28BrFN2O2/c1-18(2,3)25-17(24)23-9-5-8-19(4,13-23)12-22-11-14-6-7-16(21)15(20)10-14/h6-7,10,22H,5,8-9,11-13H2,1-4H3. The van der Waals surface area contributed by atoms with Crippen molar-refractivity contribution in [1.82, 2.24) is 10.2 Å². The summed E-state index contributed by atoms with van der Waals surface area (Å²) in [4.78, 5) is 14.1. The number of carbonyl (C=O) groups is 1. The Kier molecular flexibility index (Phi) is 6.49. The first-order valence-corrected chi connectivity index (χ1v) is 9.50. The molecule has 0 radical (unpaired) electrons. The van der Waals surface area contributed by atoms with Gasteiger partial charge in [-0.3, -0.25) is 0 Å². The molecule has 6 heteroatoms. The molecule has 1 aromatic rings. The Bertz CT molecular complexity index is 618. The third-order valence-corrected chi connectivity index (χ3v) is 4.91. The molecule has 0 aliphatic carbocycles. The monoisotopic (exact) mass is 414 g/mol. The SMILES string of the molecule is CC1(CNCc2ccc(F)c(Br)c2)CCCN(C(=O)OC(C)(C)C)C1. The van der Waals surface area contributed by atoms with Gasteiger partial charge in [-0.25, -0.2) is 9.18 Å². The van der Waals surface area contributed by atoms with Gasteiger partial charge in [-0.1, -0.05) is 13.0 Å². The number of amides is 1. The lowest BCUT2D eigenvalue weighted by Gasteiger charge is -2.41. The van der Waals surface area contributed by atoms with Crippen molar-refractivity contribution in [3.8, 4) is 0 Å². The molecule has 1 aliphatic heterocycles. The number of nitrogens with zero attached hydrogens (tertiary/aromatic N) is 1. The van der Waals surface area contributed by atoms with Crippen LogP contribution in [0.3, 0.4) is 0 Å². The smallest absolute Gasteiger partial charge is 0.410 e. The fourth-order valence-corrected chi connectivity index (χ4v) is 3.53. The summed E-state index contributed by atoms with van der Waals surface area (Å²) < 4.78 is 19.3. The molecule has 0 spiro atoms. The molecule has 1 N–H and O–H groups in total. The van der Waals surface area contributed by atoms with Gasteiger partial charge in [-0.15, -0.1) is 0 Å². The van der Waals surface area contributed by atoms with E-state index in [4.69, 9.17) is 4.74 Å². The number of likely N-dealkylation sites (tertiary alicyclic amines) is 1. The van der Waals surface area contributed by atoms with Gasteiger partial charge in [0.1, 0.15) is 11.4 Å². The van der Waals surface area contributed by atoms with Crippen LogP contribution in [0.5, 0.6) is 0 Å². The van der Waals surface area contributed by atoms with Crippen molar-refractivity contribution in [3.63, 3.8) is 0 Å². The van der Waals surface area contributed by atoms with E-state index in [1.807, 2.05) is 25.7 Å². The van der Waals surface area contributed by atoms with E-state index in [2.05, 4.69) is 28.2 Å². The number of carbonyl (C=O) groups excluding carboxylic acids is 1. The lowest BCUT2D eigenvalue weighted by Crippen LogP contribution is -2.50. The van der Waals surface area contributed by atoms with Gasteiger partial charge < -0.3 is 15.0 Å². The van der Waals surface area contributed by atoms with Gasteiger partial charge in [0.2, 0.25) is 0 Å². The molecule has 0 saturated carbocycles. The van der Waals surface area contributed by atoms with Crippen molar-refractivity contribution in [2.24, 2.45) is 5.41 Å². The van der Waals surface area contributed by atoms with Crippen LogP contribution >= 0.6 is 15.9 Å². The van der Waals surface area contributed by atoms with Crippen molar-refractivity contribution >= 4 is 22.0 Å². The number of hydrogen-bond acceptors (Lipinski definition) is 3. The predicted octanol–water partition coefficient (Wildman–Crippen LogP) is 4.72. The zero-order chi connectivity index (χ0) is 18.7. The summed E-state index contributed by atoms with van der Waals surface area (Å²) in [7, 11) is 0. The average Bonchev–Trinajstić information content (AvgIpc) is 2.49. The van der Waals surface area contributed by atoms with Crippen LogP contribution in [0, 0.1) is 11.2 Å². The minimum atomic E-state index is -0.473. The van der Waals surface area contributed by atoms with Crippen LogP contribution < -0.4 is 5.32 Å². The molecule has 25 heavy (non-hydrogen) atoms. The first-order chi connectivity index (χ1) is 11.6. The first-order valence-electron chi connectivity index (χ1n) is 8.71. The molecule has 1 heterocycles. The van der Waals surface area contributed by atoms with E-state index >= 15 is 0 Å². The Morgan fingerprint density at radius 2 is 2.16 bits per heavy atom. The number of rotatable bonds is 4. The fourth-order valence-electron chi connectivity index (χ4n) is 3.10. The summed E-state index contributed by atoms with van der Waals surface area (Å²) in [6, 6.07) is 5.04. The van der Waals surface area contributed by atoms with Crippen LogP contribution in [-0.4, -0.2) is 36.2 Å². The number of hydrogen-bond donors (Lipinski definition) is 1. The van der Waals surface area contributed by atoms with Gasteiger partial charge >= 0.3 is 6.09 Å². The third-order valence-electron chi connectivity index (χ3n) is 4.30. The zero-order valence-corrected chi connectivity index (χ0v) is 17.1. The quantitative estimate of drug-likeness (QED) is 0.774. The average molecular weight is 415 g/mol. The second kappa shape index (κ2) is 8.04. The number of benzene rings is 1. The molecule has 1 saturated heterocycles. The van der Waals surface area contributed by atoms with E-state index in [0.717, 1.165) is 31.5 Å². The molecule has 2 rings (SSSR count). The van der Waals surface area contributed by atoms with Crippen molar-refractivity contribution in [2.75, 3.05) is 19.6 Å². The summed E-state index contributed by atoms with van der Waals surface area (Å²) >= 11 is 3.21. The minimum Gasteiger partial charge on any atom is -0.444 e. The number of piperidine rings is 1. The van der Waals surface area contributed by atoms with E-state index in [1.54, 1.807) is 12.1 Å². The van der Waals surface area contributed by atoms with Crippen LogP contribution in [0.2, 0.25) is 0 Å². The van der Waals surface area contributed by atoms with E-state index < -0.39 is 5.60 Å². The Balaban J connectivity index is 1.87. The van der Waals surface area contributed by atoms with Crippen LogP contribution in [0.4, 0.5) is 9.18 Å². The van der Waals surface area contributed by atoms with Crippen molar-refractivity contribution in [1.29, 1.82) is 0 Å². The van der Waals surface area contributed by atoms with Gasteiger partial charge in [-0.2, -0.15) is 0 Å². The number of halogens is 2. The van der Waals surface area contributed by atoms with Crippen molar-refractivity contribution < 1.29 is 13.9 Å². The van der Waals surface area contributed by atoms with E-state index in [-0.39, 0.29) is 17.3 Å². The van der Waals surface area contributed by atoms with Gasteiger partial charge in [-0.05, 0) is 72.7 Å². The predicted molar refractivity (Wildman–Crippen MR) is 101 cm³/mol. The van der Waals surface area contributed by atoms with Gasteiger partial charge in [0.15, 0.2) is 0 Å². The van der Waals surface area contributed by atoms with Crippen LogP contribution in [0.1, 0.15) is 46.1 Å². The number of nitrogens with one attached hydrogen (secondary N) is 1. The molecule has 1 atom stereocenters. The molecule has 0 bridgehead atoms. The van der Waals surface area contributed by atoms with Crippen LogP contribution in [0.15, 0.2) is 22.7 Å². The molecular formula is C19H28BrFN2O2. The molecule has 140 valence electrons. The highest BCUT2D eigenvalue weighted by molar-refractivity contribution is 9.10. The van der Waals surface area contributed by atoms with Crippen LogP contribution in [-0.2, 0) is 11.3 Å². The van der Waals surface area contributed by atoms with Crippen molar-refractivity contribution in [3.05, 3.63) is 34.1 Å². The van der Waals surface area contributed by atoms with E-state index in [0.29, 0.717) is 17.6 Å². The maximum absolute atomic E-state index is 13.3. The maximum atomic E-state index is 13.3. The fraction of sp³-hybridized carbons (Fsp3) is 0.632. The van der Waals surface area contributed by atoms with E-state index in [1.165, 1.54) is 6.07 Å². The summed E-state index contributed by atoms with van der Waals surface area (Å²) in [6.45, 7) is 10.7. The molecular weight excluding hydrogens is 387 g/mol. The Hall–Kier alpha value is -1.14. The topological polar surface area (TPSA) is 41.6 Å². The highest BCUT2D eigenvalue weighted by Gasteiger charge is 2.34. The Labute approximate surface area is 158 Å². The lowest BCUT2D eigenvalue weighted by molar-refractivity contribution is 0.00675. The third kappa shape index (κ3) is 6.26. The molecule has 1 aliphatic rings. The zero-order valence-electron chi connectivity index (χ0n) is 15.5. The minimum absolute atomic E-state index is 0.00637. The first kappa shape index (κ1) is 20.2. The summed E-state index contributed by atoms with van der Waals surface area (Å²) in [5.74, 6) is -0.254. The van der Waals surface area contributed by atoms with E-state index in [9.17, 15) is 9.18 Å². The Morgan fingerprint density at radius 1 is 1.44 bits per heavy atom. The molecule has 1 aromatic carbocycles. The highest BCUT2D eigenvalue weighted by Crippen LogP contribution is 2.30. The summed E-state index contributed by atoms with van der Waals surface area (Å²) in [5, 5.41) is 3.44. The summed E-state index contributed by atoms with van der Waals surface area (Å²) in [5.41, 5.74) is 0.558. The van der Waals surface area contributed by atoms with Gasteiger partial charge in [0.05, 0.1) is 4.47 Å². The summed E-state index contributed by atoms with van der Waals surface area (Å²) in [6.07, 6.45) is 1.80. The highest BCUT2D eigenvalue weighted by atomic mass is 79.9. The molecule has 0 aromatic heterocycles. The maximum Gasteiger partial charge on any atom is 0.410 e. The molecule has 1 fully saturated rings. The molecule has 1 amide bonds. The molecule has 4 nitrogen and oxygen atoms in total. The van der Waals surface area contributed by atoms with Crippen molar-refractivity contribution in [2.45, 2.75) is 52.7 Å². The normalized spacial score (nSPS) is 21.3. The van der Waals surface area contributed by atoms with Crippen LogP contribution in [0.25, 0.3) is 0 Å². The van der Waals surface area contributed by atoms with Gasteiger partial charge in [0.25, 0.3) is 0 Å². The molecule has 1 unspecified atom stereocenters. The number of ether oxygens (including phenoxy) is 1. The van der Waals surface area contributed by atoms with Gasteiger partial charge in [0, 0.05) is 26.2 Å². The second-order valence-electron chi connectivity index (χ2n) is 8.17. The Morgan fingerprint density at radius 3 is 2.80 bits per heavy atom. The second-order valence-corrected chi connectivity index (χ2v) is 9.02. The lowest BCUT2D eigenvalue weighted by atomic mass is 9.82. The largest absolute Gasteiger partial charge is 0.444 e.